The number of urea groups is 1. The SMILES string of the molecule is Cc1ccccc1C1c2[nH]c3ccccc3c2CC2C(=O)N(c3ccc(C(=O)NCC(C)C)cc3)C(=O)N21. The molecule has 7 nitrogen and oxygen atoms in total. The second kappa shape index (κ2) is 9.17. The van der Waals surface area contributed by atoms with Gasteiger partial charge in [-0.1, -0.05) is 56.3 Å². The molecule has 2 aliphatic rings. The summed E-state index contributed by atoms with van der Waals surface area (Å²) in [5.74, 6) is -0.0819. The fourth-order valence-corrected chi connectivity index (χ4v) is 5.69. The standard InChI is InChI=1S/C31H30N4O3/c1-18(2)17-32-29(36)20-12-14-21(15-13-20)34-30(37)26-16-24-23-10-6-7-11-25(23)33-27(24)28(35(26)31(34)38)22-9-5-4-8-19(22)3/h4-15,18,26,28,33H,16-17H2,1-3H3,(H,32,36). The number of hydrogen-bond acceptors (Lipinski definition) is 3. The first-order valence-electron chi connectivity index (χ1n) is 13.0. The molecule has 3 heterocycles. The molecule has 3 aromatic carbocycles. The van der Waals surface area contributed by atoms with Gasteiger partial charge < -0.3 is 10.3 Å². The Morgan fingerprint density at radius 1 is 1.00 bits per heavy atom. The van der Waals surface area contributed by atoms with Gasteiger partial charge in [0.15, 0.2) is 0 Å². The van der Waals surface area contributed by atoms with Gasteiger partial charge in [0.25, 0.3) is 11.8 Å². The average Bonchev–Trinajstić information content (AvgIpc) is 3.41. The number of aromatic nitrogens is 1. The Hall–Kier alpha value is -4.39. The molecule has 1 aromatic heterocycles. The number of nitrogens with zero attached hydrogens (tertiary/aromatic N) is 2. The summed E-state index contributed by atoms with van der Waals surface area (Å²) in [5, 5.41) is 3.98. The molecule has 7 heteroatoms. The van der Waals surface area contributed by atoms with E-state index in [2.05, 4.69) is 16.4 Å². The zero-order valence-corrected chi connectivity index (χ0v) is 21.7. The van der Waals surface area contributed by atoms with Gasteiger partial charge in [0, 0.05) is 35.1 Å². The predicted molar refractivity (Wildman–Crippen MR) is 147 cm³/mol. The number of hydrogen-bond donors (Lipinski definition) is 2. The summed E-state index contributed by atoms with van der Waals surface area (Å²) in [6, 6.07) is 21.4. The third kappa shape index (κ3) is 3.77. The molecule has 0 spiro atoms. The molecule has 2 atom stereocenters. The van der Waals surface area contributed by atoms with Gasteiger partial charge in [-0.25, -0.2) is 9.69 Å². The maximum Gasteiger partial charge on any atom is 0.332 e. The number of nitrogens with one attached hydrogen (secondary N) is 2. The third-order valence-corrected chi connectivity index (χ3v) is 7.59. The molecule has 4 amide bonds. The van der Waals surface area contributed by atoms with Crippen LogP contribution in [-0.4, -0.2) is 40.3 Å². The summed E-state index contributed by atoms with van der Waals surface area (Å²) in [4.78, 5) is 46.9. The molecule has 2 aliphatic heterocycles. The number of para-hydroxylation sites is 1. The molecule has 0 saturated carbocycles. The number of benzene rings is 3. The highest BCUT2D eigenvalue weighted by atomic mass is 16.2. The van der Waals surface area contributed by atoms with Crippen LogP contribution in [0.25, 0.3) is 10.9 Å². The van der Waals surface area contributed by atoms with Crippen LogP contribution >= 0.6 is 0 Å². The molecular formula is C31H30N4O3. The van der Waals surface area contributed by atoms with Gasteiger partial charge in [0.2, 0.25) is 0 Å². The fraction of sp³-hybridized carbons (Fsp3) is 0.258. The number of rotatable bonds is 5. The quantitative estimate of drug-likeness (QED) is 0.358. The summed E-state index contributed by atoms with van der Waals surface area (Å²) >= 11 is 0. The number of H-pyrrole nitrogens is 1. The van der Waals surface area contributed by atoms with Crippen LogP contribution in [0.4, 0.5) is 10.5 Å². The van der Waals surface area contributed by atoms with Crippen molar-refractivity contribution in [3.63, 3.8) is 0 Å². The lowest BCUT2D eigenvalue weighted by atomic mass is 9.87. The minimum Gasteiger partial charge on any atom is -0.356 e. The van der Waals surface area contributed by atoms with E-state index in [9.17, 15) is 14.4 Å². The van der Waals surface area contributed by atoms with E-state index in [-0.39, 0.29) is 17.8 Å². The van der Waals surface area contributed by atoms with Gasteiger partial charge in [-0.2, -0.15) is 0 Å². The first-order valence-corrected chi connectivity index (χ1v) is 13.0. The van der Waals surface area contributed by atoms with Crippen LogP contribution in [0.15, 0.2) is 72.8 Å². The number of carbonyl (C=O) groups excluding carboxylic acids is 3. The van der Waals surface area contributed by atoms with Crippen molar-refractivity contribution in [2.45, 2.75) is 39.3 Å². The van der Waals surface area contributed by atoms with Crippen molar-refractivity contribution in [2.24, 2.45) is 5.92 Å². The maximum atomic E-state index is 14.0. The molecule has 38 heavy (non-hydrogen) atoms. The molecule has 6 rings (SSSR count). The first-order chi connectivity index (χ1) is 18.3. The minimum atomic E-state index is -0.618. The van der Waals surface area contributed by atoms with Crippen LogP contribution in [0.2, 0.25) is 0 Å². The molecule has 2 unspecified atom stereocenters. The van der Waals surface area contributed by atoms with Crippen molar-refractivity contribution in [2.75, 3.05) is 11.4 Å². The molecule has 4 aromatic rings. The Bertz CT molecular complexity index is 1570. The number of fused-ring (bicyclic) bond motifs is 4. The normalized spacial score (nSPS) is 18.7. The smallest absolute Gasteiger partial charge is 0.332 e. The molecule has 0 radical (unpaired) electrons. The Labute approximate surface area is 221 Å². The fourth-order valence-electron chi connectivity index (χ4n) is 5.69. The van der Waals surface area contributed by atoms with Crippen LogP contribution in [0.3, 0.4) is 0 Å². The van der Waals surface area contributed by atoms with Crippen molar-refractivity contribution in [3.05, 3.63) is 101 Å². The lowest BCUT2D eigenvalue weighted by Gasteiger charge is -2.36. The van der Waals surface area contributed by atoms with Gasteiger partial charge in [0.1, 0.15) is 12.1 Å². The van der Waals surface area contributed by atoms with E-state index in [1.165, 1.54) is 4.90 Å². The summed E-state index contributed by atoms with van der Waals surface area (Å²) in [6.07, 6.45) is 0.443. The van der Waals surface area contributed by atoms with Crippen LogP contribution in [0.1, 0.15) is 52.6 Å². The number of anilines is 1. The van der Waals surface area contributed by atoms with E-state index in [4.69, 9.17) is 0 Å². The van der Waals surface area contributed by atoms with E-state index in [1.807, 2.05) is 63.2 Å². The molecule has 2 N–H and O–H groups in total. The highest BCUT2D eigenvalue weighted by Crippen LogP contribution is 2.45. The highest BCUT2D eigenvalue weighted by molar-refractivity contribution is 6.22. The van der Waals surface area contributed by atoms with Gasteiger partial charge in [-0.05, 0) is 59.9 Å². The monoisotopic (exact) mass is 506 g/mol. The van der Waals surface area contributed by atoms with Crippen molar-refractivity contribution >= 4 is 34.4 Å². The third-order valence-electron chi connectivity index (χ3n) is 7.59. The summed E-state index contributed by atoms with van der Waals surface area (Å²) in [6.45, 7) is 6.68. The predicted octanol–water partition coefficient (Wildman–Crippen LogP) is 5.35. The minimum absolute atomic E-state index is 0.174. The van der Waals surface area contributed by atoms with Crippen LogP contribution in [0, 0.1) is 12.8 Å². The van der Waals surface area contributed by atoms with Crippen molar-refractivity contribution in [1.29, 1.82) is 0 Å². The van der Waals surface area contributed by atoms with Crippen LogP contribution in [0.5, 0.6) is 0 Å². The maximum absolute atomic E-state index is 14.0. The lowest BCUT2D eigenvalue weighted by molar-refractivity contribution is -0.120. The number of aryl methyl sites for hydroxylation is 1. The number of amides is 4. The molecule has 1 fully saturated rings. The molecule has 1 saturated heterocycles. The highest BCUT2D eigenvalue weighted by Gasteiger charge is 2.53. The first kappa shape index (κ1) is 24.0. The van der Waals surface area contributed by atoms with E-state index < -0.39 is 12.1 Å². The Kier molecular flexibility index (Phi) is 5.79. The van der Waals surface area contributed by atoms with E-state index >= 15 is 0 Å². The summed E-state index contributed by atoms with van der Waals surface area (Å²) in [7, 11) is 0. The Morgan fingerprint density at radius 3 is 2.45 bits per heavy atom. The molecule has 0 bridgehead atoms. The molecule has 0 aliphatic carbocycles. The van der Waals surface area contributed by atoms with Gasteiger partial charge in [-0.15, -0.1) is 0 Å². The van der Waals surface area contributed by atoms with Crippen molar-refractivity contribution in [3.8, 4) is 0 Å². The summed E-state index contributed by atoms with van der Waals surface area (Å²) < 4.78 is 0. The van der Waals surface area contributed by atoms with Crippen molar-refractivity contribution < 1.29 is 14.4 Å². The second-order valence-electron chi connectivity index (χ2n) is 10.6. The number of aromatic amines is 1. The van der Waals surface area contributed by atoms with Gasteiger partial charge >= 0.3 is 6.03 Å². The molecular weight excluding hydrogens is 476 g/mol. The van der Waals surface area contributed by atoms with Crippen molar-refractivity contribution in [1.82, 2.24) is 15.2 Å². The van der Waals surface area contributed by atoms with Crippen LogP contribution in [-0.2, 0) is 11.2 Å². The summed E-state index contributed by atoms with van der Waals surface area (Å²) in [5.41, 5.74) is 6.04. The number of carbonyl (C=O) groups is 3. The van der Waals surface area contributed by atoms with E-state index in [0.717, 1.165) is 33.3 Å². The second-order valence-corrected chi connectivity index (χ2v) is 10.6. The average molecular weight is 507 g/mol. The Balaban J connectivity index is 1.40. The van der Waals surface area contributed by atoms with Crippen LogP contribution < -0.4 is 10.2 Å². The molecule has 192 valence electrons. The van der Waals surface area contributed by atoms with E-state index in [0.29, 0.717) is 30.1 Å². The Morgan fingerprint density at radius 2 is 1.71 bits per heavy atom. The number of imide groups is 1. The largest absolute Gasteiger partial charge is 0.356 e. The van der Waals surface area contributed by atoms with Gasteiger partial charge in [0.05, 0.1) is 5.69 Å². The zero-order valence-electron chi connectivity index (χ0n) is 21.7. The topological polar surface area (TPSA) is 85.5 Å². The zero-order chi connectivity index (χ0) is 26.6. The lowest BCUT2D eigenvalue weighted by Crippen LogP contribution is -2.44. The van der Waals surface area contributed by atoms with Gasteiger partial charge in [-0.3, -0.25) is 14.5 Å². The van der Waals surface area contributed by atoms with E-state index in [1.54, 1.807) is 29.2 Å².